The molecule has 0 radical (unpaired) electrons. The Balaban J connectivity index is 1.33. The zero-order valence-corrected chi connectivity index (χ0v) is 35.2. The van der Waals surface area contributed by atoms with Gasteiger partial charge in [-0.2, -0.15) is 0 Å². The SMILES string of the molecule is CC/C=C/[C@@](OC)(C1CCC1CN1C[C@@]2(CCCc3cc(Cl)ccc32)COc2ccc(C(=O)NS(=O)C(C)CCOC)cc21)N1CCN(C(C)(C)C)CC1. The summed E-state index contributed by atoms with van der Waals surface area (Å²) in [5.74, 6) is 1.08. The van der Waals surface area contributed by atoms with Crippen molar-refractivity contribution in [3.8, 4) is 5.75 Å². The fraction of sp³-hybridized carbons (Fsp3) is 0.651. The van der Waals surface area contributed by atoms with Crippen LogP contribution in [0.15, 0.2) is 48.6 Å². The Morgan fingerprint density at radius 2 is 1.87 bits per heavy atom. The lowest BCUT2D eigenvalue weighted by Crippen LogP contribution is -2.65. The van der Waals surface area contributed by atoms with Gasteiger partial charge >= 0.3 is 0 Å². The Bertz CT molecular complexity index is 1680. The van der Waals surface area contributed by atoms with Crippen molar-refractivity contribution in [2.45, 2.75) is 101 Å². The summed E-state index contributed by atoms with van der Waals surface area (Å²) in [6.45, 7) is 17.5. The van der Waals surface area contributed by atoms with Gasteiger partial charge in [0.1, 0.15) is 22.5 Å². The fourth-order valence-corrected chi connectivity index (χ4v) is 10.3. The van der Waals surface area contributed by atoms with Crippen LogP contribution in [0.25, 0.3) is 0 Å². The van der Waals surface area contributed by atoms with Crippen molar-refractivity contribution in [1.82, 2.24) is 14.5 Å². The quantitative estimate of drug-likeness (QED) is 0.211. The van der Waals surface area contributed by atoms with Crippen LogP contribution in [0.1, 0.15) is 94.6 Å². The van der Waals surface area contributed by atoms with Gasteiger partial charge in [-0.15, -0.1) is 0 Å². The predicted molar refractivity (Wildman–Crippen MR) is 220 cm³/mol. The molecule has 2 heterocycles. The molecule has 2 aromatic rings. The highest BCUT2D eigenvalue weighted by molar-refractivity contribution is 7.84. The zero-order chi connectivity index (χ0) is 38.7. The van der Waals surface area contributed by atoms with E-state index < -0.39 is 16.7 Å². The highest BCUT2D eigenvalue weighted by Crippen LogP contribution is 2.50. The first-order valence-corrected chi connectivity index (χ1v) is 21.7. The first-order valence-electron chi connectivity index (χ1n) is 20.1. The third-order valence-corrected chi connectivity index (χ3v) is 14.2. The summed E-state index contributed by atoms with van der Waals surface area (Å²) in [5, 5.41) is 0.533. The van der Waals surface area contributed by atoms with E-state index in [0.29, 0.717) is 37.0 Å². The lowest BCUT2D eigenvalue weighted by atomic mass is 9.66. The number of aryl methyl sites for hydroxylation is 1. The zero-order valence-electron chi connectivity index (χ0n) is 33.6. The van der Waals surface area contributed by atoms with Crippen LogP contribution < -0.4 is 14.4 Å². The molecule has 298 valence electrons. The summed E-state index contributed by atoms with van der Waals surface area (Å²) in [4.78, 5) is 21.3. The second-order valence-corrected chi connectivity index (χ2v) is 19.0. The molecule has 4 aliphatic rings. The summed E-state index contributed by atoms with van der Waals surface area (Å²) < 4.78 is 34.4. The van der Waals surface area contributed by atoms with E-state index in [1.54, 1.807) is 13.2 Å². The minimum Gasteiger partial charge on any atom is -0.490 e. The third-order valence-electron chi connectivity index (χ3n) is 12.6. The monoisotopic (exact) mass is 782 g/mol. The maximum Gasteiger partial charge on any atom is 0.263 e. The van der Waals surface area contributed by atoms with E-state index in [1.165, 1.54) is 11.1 Å². The van der Waals surface area contributed by atoms with E-state index in [4.69, 9.17) is 25.8 Å². The van der Waals surface area contributed by atoms with Crippen molar-refractivity contribution < 1.29 is 23.2 Å². The minimum atomic E-state index is -1.54. The fourth-order valence-electron chi connectivity index (χ4n) is 9.34. The number of ether oxygens (including phenoxy) is 3. The maximum atomic E-state index is 13.6. The Morgan fingerprint density at radius 1 is 1.11 bits per heavy atom. The summed E-state index contributed by atoms with van der Waals surface area (Å²) in [5.41, 5.74) is 3.40. The summed E-state index contributed by atoms with van der Waals surface area (Å²) >= 11 is 6.53. The number of hydrogen-bond acceptors (Lipinski definition) is 8. The van der Waals surface area contributed by atoms with Crippen molar-refractivity contribution >= 4 is 34.2 Å². The van der Waals surface area contributed by atoms with Gasteiger partial charge in [0.2, 0.25) is 0 Å². The number of hydrogen-bond donors (Lipinski definition) is 1. The molecule has 1 saturated heterocycles. The Morgan fingerprint density at radius 3 is 2.54 bits per heavy atom. The number of fused-ring (bicyclic) bond motifs is 3. The van der Waals surface area contributed by atoms with Crippen LogP contribution in [-0.4, -0.2) is 103 Å². The predicted octanol–water partition coefficient (Wildman–Crippen LogP) is 7.38. The molecule has 1 N–H and O–H groups in total. The Hall–Kier alpha value is -2.47. The molecule has 2 aliphatic carbocycles. The first kappa shape index (κ1) is 41.2. The van der Waals surface area contributed by atoms with Gasteiger partial charge in [-0.05, 0) is 126 Å². The summed E-state index contributed by atoms with van der Waals surface area (Å²) in [7, 11) is 1.98. The number of anilines is 1. The van der Waals surface area contributed by atoms with Crippen molar-refractivity contribution in [3.63, 3.8) is 0 Å². The van der Waals surface area contributed by atoms with Gasteiger partial charge in [-0.3, -0.25) is 19.3 Å². The molecular weight excluding hydrogens is 720 g/mol. The maximum absolute atomic E-state index is 13.6. The van der Waals surface area contributed by atoms with Crippen LogP contribution in [0.3, 0.4) is 0 Å². The van der Waals surface area contributed by atoms with E-state index >= 15 is 0 Å². The number of nitrogens with zero attached hydrogens (tertiary/aromatic N) is 3. The highest BCUT2D eigenvalue weighted by Gasteiger charge is 2.52. The van der Waals surface area contributed by atoms with Crippen molar-refractivity contribution in [2.24, 2.45) is 11.8 Å². The number of rotatable bonds is 13. The van der Waals surface area contributed by atoms with E-state index in [9.17, 15) is 9.00 Å². The van der Waals surface area contributed by atoms with Gasteiger partial charge in [-0.25, -0.2) is 4.21 Å². The molecule has 1 amide bonds. The number of methoxy groups -OCH3 is 2. The molecule has 1 spiro atoms. The Kier molecular flexibility index (Phi) is 13.2. The molecule has 6 atom stereocenters. The number of benzene rings is 2. The molecule has 2 aromatic carbocycles. The van der Waals surface area contributed by atoms with Crippen LogP contribution in [0.5, 0.6) is 5.75 Å². The second kappa shape index (κ2) is 17.3. The van der Waals surface area contributed by atoms with Crippen molar-refractivity contribution in [3.05, 3.63) is 70.3 Å². The van der Waals surface area contributed by atoms with Gasteiger partial charge in [0.05, 0.1) is 17.5 Å². The number of nitrogens with one attached hydrogen (secondary N) is 1. The number of piperazine rings is 1. The van der Waals surface area contributed by atoms with Gasteiger partial charge in [0.25, 0.3) is 5.91 Å². The second-order valence-electron chi connectivity index (χ2n) is 17.0. The summed E-state index contributed by atoms with van der Waals surface area (Å²) in [6.07, 6.45) is 11.4. The highest BCUT2D eigenvalue weighted by atomic mass is 35.5. The number of allylic oxidation sites excluding steroid dienone is 1. The molecule has 11 heteroatoms. The Labute approximate surface area is 331 Å². The third kappa shape index (κ3) is 8.59. The molecule has 2 fully saturated rings. The molecule has 9 nitrogen and oxygen atoms in total. The largest absolute Gasteiger partial charge is 0.490 e. The average molecular weight is 784 g/mol. The van der Waals surface area contributed by atoms with Gasteiger partial charge in [0.15, 0.2) is 0 Å². The molecular formula is C43H63ClN4O5S. The van der Waals surface area contributed by atoms with Crippen LogP contribution in [0, 0.1) is 11.8 Å². The van der Waals surface area contributed by atoms with Crippen LogP contribution in [0.2, 0.25) is 5.02 Å². The number of carbonyl (C=O) groups is 1. The lowest BCUT2D eigenvalue weighted by Gasteiger charge is -2.56. The molecule has 6 rings (SSSR count). The molecule has 4 unspecified atom stereocenters. The number of amides is 1. The van der Waals surface area contributed by atoms with Gasteiger partial charge < -0.3 is 19.1 Å². The van der Waals surface area contributed by atoms with Crippen LogP contribution >= 0.6 is 11.6 Å². The van der Waals surface area contributed by atoms with Crippen LogP contribution in [-0.2, 0) is 32.3 Å². The number of halogens is 1. The normalized spacial score (nSPS) is 25.9. The smallest absolute Gasteiger partial charge is 0.263 e. The standard InChI is InChI=1S/C43H63ClN4O5S/c1-8-9-20-43(52-7,48-23-21-47(22-24-48)41(3,4)5)37-15-12-34(37)28-46-29-42(19-10-11-32-26-35(44)14-16-36(32)42)30-53-39-17-13-33(27-38(39)46)40(49)45-54(50)31(2)18-25-51-6/h9,13-14,16-17,20,26-27,31,34,37H,8,10-12,15,18-19,21-25,28-30H2,1-7H3,(H,45,49)/b20-9+/t31?,34?,37?,42-,43+,54?/m0/s1. The topological polar surface area (TPSA) is 83.6 Å². The lowest BCUT2D eigenvalue weighted by molar-refractivity contribution is -0.185. The van der Waals surface area contributed by atoms with Crippen molar-refractivity contribution in [1.29, 1.82) is 0 Å². The summed E-state index contributed by atoms with van der Waals surface area (Å²) in [6, 6.07) is 12.0. The molecule has 1 saturated carbocycles. The molecule has 2 aliphatic heterocycles. The first-order chi connectivity index (χ1) is 25.8. The van der Waals surface area contributed by atoms with E-state index in [2.05, 4.69) is 71.4 Å². The van der Waals surface area contributed by atoms with E-state index in [0.717, 1.165) is 94.3 Å². The minimum absolute atomic E-state index is 0.133. The van der Waals surface area contributed by atoms with Gasteiger partial charge in [-0.1, -0.05) is 30.7 Å². The molecule has 0 aromatic heterocycles. The average Bonchev–Trinajstić information content (AvgIpc) is 3.30. The van der Waals surface area contributed by atoms with Crippen LogP contribution in [0.4, 0.5) is 5.69 Å². The molecule has 54 heavy (non-hydrogen) atoms. The van der Waals surface area contributed by atoms with Crippen molar-refractivity contribution in [2.75, 3.05) is 71.6 Å². The molecule has 0 bridgehead atoms. The van der Waals surface area contributed by atoms with E-state index in [-0.39, 0.29) is 22.1 Å². The van der Waals surface area contributed by atoms with E-state index in [1.807, 2.05) is 32.2 Å². The number of carbonyl (C=O) groups excluding carboxylic acids is 1. The van der Waals surface area contributed by atoms with Gasteiger partial charge in [0, 0.05) is 87.6 Å².